The van der Waals surface area contributed by atoms with Crippen molar-refractivity contribution >= 4 is 11.9 Å². The summed E-state index contributed by atoms with van der Waals surface area (Å²) in [6.07, 6.45) is 2.31. The molecule has 1 aliphatic heterocycles. The molecule has 1 aromatic carbocycles. The van der Waals surface area contributed by atoms with Gasteiger partial charge in [-0.05, 0) is 34.5 Å². The van der Waals surface area contributed by atoms with E-state index in [1.807, 2.05) is 0 Å². The quantitative estimate of drug-likeness (QED) is 0.834. The molecule has 1 fully saturated rings. The van der Waals surface area contributed by atoms with E-state index in [4.69, 9.17) is 0 Å². The van der Waals surface area contributed by atoms with Crippen molar-refractivity contribution in [3.63, 3.8) is 0 Å². The summed E-state index contributed by atoms with van der Waals surface area (Å²) in [5.74, 6) is -2.63. The van der Waals surface area contributed by atoms with Crippen molar-refractivity contribution in [1.82, 2.24) is 25.1 Å². The number of likely N-dealkylation sites (tertiary alicyclic amines) is 1. The van der Waals surface area contributed by atoms with E-state index in [1.54, 1.807) is 17.0 Å². The molecule has 8 nitrogen and oxygen atoms in total. The minimum Gasteiger partial charge on any atom is -0.481 e. The molecule has 2 heterocycles. The number of hydrogen-bond acceptors (Lipinski definition) is 5. The molecule has 1 aromatic heterocycles. The third-order valence-electron chi connectivity index (χ3n) is 4.44. The molecule has 1 saturated heterocycles. The van der Waals surface area contributed by atoms with Gasteiger partial charge in [-0.1, -0.05) is 12.1 Å². The number of amides is 1. The van der Waals surface area contributed by atoms with Crippen LogP contribution in [0.15, 0.2) is 30.6 Å². The number of rotatable bonds is 6. The van der Waals surface area contributed by atoms with Crippen LogP contribution in [0.2, 0.25) is 0 Å². The second-order valence-corrected chi connectivity index (χ2v) is 6.08. The molecule has 0 radical (unpaired) electrons. The number of aryl methyl sites for hydroxylation is 1. The van der Waals surface area contributed by atoms with Gasteiger partial charge in [0.25, 0.3) is 0 Å². The van der Waals surface area contributed by atoms with E-state index in [-0.39, 0.29) is 25.4 Å². The first-order chi connectivity index (χ1) is 12.0. The van der Waals surface area contributed by atoms with Crippen LogP contribution in [0.4, 0.5) is 4.39 Å². The Labute approximate surface area is 143 Å². The molecule has 0 unspecified atom stereocenters. The predicted molar refractivity (Wildman–Crippen MR) is 83.9 cm³/mol. The Morgan fingerprint density at radius 1 is 1.32 bits per heavy atom. The van der Waals surface area contributed by atoms with Crippen molar-refractivity contribution in [2.75, 3.05) is 13.1 Å². The number of aromatic nitrogens is 4. The molecule has 1 amide bonds. The zero-order valence-corrected chi connectivity index (χ0v) is 13.5. The summed E-state index contributed by atoms with van der Waals surface area (Å²) in [5.41, 5.74) is 0.608. The highest BCUT2D eigenvalue weighted by atomic mass is 19.1. The summed E-state index contributed by atoms with van der Waals surface area (Å²) in [4.78, 5) is 25.5. The van der Waals surface area contributed by atoms with E-state index in [1.165, 1.54) is 23.1 Å². The van der Waals surface area contributed by atoms with E-state index < -0.39 is 23.6 Å². The van der Waals surface area contributed by atoms with E-state index in [0.717, 1.165) is 0 Å². The van der Waals surface area contributed by atoms with E-state index in [9.17, 15) is 19.1 Å². The van der Waals surface area contributed by atoms with Gasteiger partial charge in [-0.25, -0.2) is 9.07 Å². The first-order valence-corrected chi connectivity index (χ1v) is 8.01. The van der Waals surface area contributed by atoms with Crippen molar-refractivity contribution in [1.29, 1.82) is 0 Å². The monoisotopic (exact) mass is 347 g/mol. The maximum Gasteiger partial charge on any atom is 0.308 e. The molecule has 0 spiro atoms. The third kappa shape index (κ3) is 3.98. The van der Waals surface area contributed by atoms with Crippen molar-refractivity contribution in [3.05, 3.63) is 42.0 Å². The number of carbonyl (C=O) groups excluding carboxylic acids is 1. The van der Waals surface area contributed by atoms with Gasteiger partial charge < -0.3 is 10.0 Å². The van der Waals surface area contributed by atoms with Crippen LogP contribution in [-0.2, 0) is 16.1 Å². The smallest absolute Gasteiger partial charge is 0.308 e. The number of carbonyl (C=O) groups is 2. The average Bonchev–Trinajstić information content (AvgIpc) is 3.24. The van der Waals surface area contributed by atoms with Crippen molar-refractivity contribution < 1.29 is 19.1 Å². The molecule has 3 rings (SSSR count). The Kier molecular flexibility index (Phi) is 5.01. The number of carboxylic acids is 1. The van der Waals surface area contributed by atoms with Gasteiger partial charge in [0.05, 0.1) is 5.92 Å². The molecular weight excluding hydrogens is 329 g/mol. The number of hydrogen-bond donors (Lipinski definition) is 1. The lowest BCUT2D eigenvalue weighted by molar-refractivity contribution is -0.141. The van der Waals surface area contributed by atoms with Crippen LogP contribution < -0.4 is 0 Å². The van der Waals surface area contributed by atoms with Gasteiger partial charge in [0.1, 0.15) is 12.1 Å². The van der Waals surface area contributed by atoms with Crippen LogP contribution in [0.1, 0.15) is 24.3 Å². The SMILES string of the molecule is O=C(O)[C@@H]1CN(C(=O)CCCn2cnnn2)C[C@H]1c1cccc(F)c1. The summed E-state index contributed by atoms with van der Waals surface area (Å²) in [5, 5.41) is 20.2. The minimum absolute atomic E-state index is 0.113. The number of nitrogens with zero attached hydrogens (tertiary/aromatic N) is 5. The van der Waals surface area contributed by atoms with E-state index in [2.05, 4.69) is 15.5 Å². The fourth-order valence-electron chi connectivity index (χ4n) is 3.17. The van der Waals surface area contributed by atoms with Gasteiger partial charge in [-0.2, -0.15) is 0 Å². The van der Waals surface area contributed by atoms with Crippen LogP contribution in [0.3, 0.4) is 0 Å². The van der Waals surface area contributed by atoms with Crippen molar-refractivity contribution in [2.45, 2.75) is 25.3 Å². The molecule has 2 atom stereocenters. The zero-order chi connectivity index (χ0) is 17.8. The van der Waals surface area contributed by atoms with Gasteiger partial charge >= 0.3 is 5.97 Å². The summed E-state index contributed by atoms with van der Waals surface area (Å²) in [6, 6.07) is 5.91. The summed E-state index contributed by atoms with van der Waals surface area (Å²) in [7, 11) is 0. The van der Waals surface area contributed by atoms with Gasteiger partial charge in [0, 0.05) is 32.0 Å². The first kappa shape index (κ1) is 17.0. The molecule has 25 heavy (non-hydrogen) atoms. The molecule has 1 aliphatic rings. The second-order valence-electron chi connectivity index (χ2n) is 6.08. The van der Waals surface area contributed by atoms with Gasteiger partial charge in [0.2, 0.25) is 5.91 Å². The lowest BCUT2D eigenvalue weighted by Crippen LogP contribution is -2.29. The standard InChI is InChI=1S/C16H18FN5O3/c17-12-4-1-3-11(7-12)13-8-21(9-14(13)16(24)25)15(23)5-2-6-22-10-18-19-20-22/h1,3-4,7,10,13-14H,2,5-6,8-9H2,(H,24,25)/t13-,14+/m0/s1. The number of aliphatic carboxylic acids is 1. The van der Waals surface area contributed by atoms with Crippen molar-refractivity contribution in [3.8, 4) is 0 Å². The largest absolute Gasteiger partial charge is 0.481 e. The molecule has 2 aromatic rings. The fourth-order valence-corrected chi connectivity index (χ4v) is 3.17. The van der Waals surface area contributed by atoms with Gasteiger partial charge in [-0.3, -0.25) is 9.59 Å². The Hall–Kier alpha value is -2.84. The van der Waals surface area contributed by atoms with Crippen LogP contribution in [0.25, 0.3) is 0 Å². The average molecular weight is 347 g/mol. The zero-order valence-electron chi connectivity index (χ0n) is 13.5. The lowest BCUT2D eigenvalue weighted by atomic mass is 9.89. The Bertz CT molecular complexity index is 752. The Morgan fingerprint density at radius 3 is 2.84 bits per heavy atom. The molecule has 1 N–H and O–H groups in total. The molecule has 132 valence electrons. The fraction of sp³-hybridized carbons (Fsp3) is 0.438. The number of benzene rings is 1. The van der Waals surface area contributed by atoms with Crippen LogP contribution in [0, 0.1) is 11.7 Å². The maximum atomic E-state index is 13.5. The normalized spacial score (nSPS) is 20.0. The molecule has 9 heteroatoms. The predicted octanol–water partition coefficient (Wildman–Crippen LogP) is 0.919. The highest BCUT2D eigenvalue weighted by Crippen LogP contribution is 2.33. The summed E-state index contributed by atoms with van der Waals surface area (Å²) >= 11 is 0. The second kappa shape index (κ2) is 7.37. The topological polar surface area (TPSA) is 101 Å². The van der Waals surface area contributed by atoms with Crippen molar-refractivity contribution in [2.24, 2.45) is 5.92 Å². The van der Waals surface area contributed by atoms with Crippen LogP contribution in [0.5, 0.6) is 0 Å². The van der Waals surface area contributed by atoms with Crippen LogP contribution in [-0.4, -0.2) is 55.2 Å². The number of tetrazole rings is 1. The molecule has 0 bridgehead atoms. The highest BCUT2D eigenvalue weighted by molar-refractivity contribution is 5.79. The van der Waals surface area contributed by atoms with Gasteiger partial charge in [-0.15, -0.1) is 5.10 Å². The minimum atomic E-state index is -0.974. The molecule has 0 aliphatic carbocycles. The maximum absolute atomic E-state index is 13.5. The Morgan fingerprint density at radius 2 is 2.16 bits per heavy atom. The highest BCUT2D eigenvalue weighted by Gasteiger charge is 2.40. The molecule has 0 saturated carbocycles. The molecular formula is C16H18FN5O3. The van der Waals surface area contributed by atoms with Gasteiger partial charge in [0.15, 0.2) is 0 Å². The Balaban J connectivity index is 1.63. The number of halogens is 1. The van der Waals surface area contributed by atoms with E-state index in [0.29, 0.717) is 18.5 Å². The third-order valence-corrected chi connectivity index (χ3v) is 4.44. The summed E-state index contributed by atoms with van der Waals surface area (Å²) in [6.45, 7) is 0.937. The summed E-state index contributed by atoms with van der Waals surface area (Å²) < 4.78 is 15.0. The first-order valence-electron chi connectivity index (χ1n) is 8.01. The number of carboxylic acid groups (broad SMARTS) is 1. The van der Waals surface area contributed by atoms with E-state index >= 15 is 0 Å². The van der Waals surface area contributed by atoms with Crippen LogP contribution >= 0.6 is 0 Å². The lowest BCUT2D eigenvalue weighted by Gasteiger charge is -2.16.